The second-order valence-electron chi connectivity index (χ2n) is 3.59. The summed E-state index contributed by atoms with van der Waals surface area (Å²) < 4.78 is 1.94. The summed E-state index contributed by atoms with van der Waals surface area (Å²) in [6, 6.07) is 0. The number of rotatable bonds is 0. The van der Waals surface area contributed by atoms with Crippen LogP contribution in [0.1, 0.15) is 30.5 Å². The van der Waals surface area contributed by atoms with Gasteiger partial charge in [-0.05, 0) is 19.3 Å². The van der Waals surface area contributed by atoms with Crippen LogP contribution in [0.25, 0.3) is 0 Å². The molecule has 3 nitrogen and oxygen atoms in total. The van der Waals surface area contributed by atoms with E-state index in [2.05, 4.69) is 24.3 Å². The fourth-order valence-corrected chi connectivity index (χ4v) is 2.03. The van der Waals surface area contributed by atoms with Gasteiger partial charge >= 0.3 is 0 Å². The van der Waals surface area contributed by atoms with Crippen molar-refractivity contribution in [1.82, 2.24) is 9.78 Å². The van der Waals surface area contributed by atoms with E-state index in [1.807, 2.05) is 11.7 Å². The highest BCUT2D eigenvalue weighted by molar-refractivity contribution is 5.51. The first-order valence-electron chi connectivity index (χ1n) is 4.47. The molecule has 0 spiro atoms. The van der Waals surface area contributed by atoms with Crippen molar-refractivity contribution in [3.05, 3.63) is 11.3 Å². The maximum atomic E-state index is 4.40. The van der Waals surface area contributed by atoms with Crippen LogP contribution >= 0.6 is 0 Å². The molecule has 0 fully saturated rings. The fourth-order valence-electron chi connectivity index (χ4n) is 2.03. The molecule has 2 rings (SSSR count). The maximum Gasteiger partial charge on any atom is 0.127 e. The van der Waals surface area contributed by atoms with Crippen LogP contribution in [-0.2, 0) is 7.05 Å². The maximum absolute atomic E-state index is 4.40. The molecule has 1 aliphatic rings. The zero-order valence-corrected chi connectivity index (χ0v) is 7.89. The highest BCUT2D eigenvalue weighted by Gasteiger charge is 2.22. The third-order valence-corrected chi connectivity index (χ3v) is 2.63. The second-order valence-corrected chi connectivity index (χ2v) is 3.59. The van der Waals surface area contributed by atoms with E-state index in [0.717, 1.165) is 6.54 Å². The minimum atomic E-state index is 0.662. The topological polar surface area (TPSA) is 29.9 Å². The number of hydrogen-bond donors (Lipinski definition) is 1. The Kier molecular flexibility index (Phi) is 1.60. The van der Waals surface area contributed by atoms with Crippen molar-refractivity contribution in [2.24, 2.45) is 7.05 Å². The zero-order valence-electron chi connectivity index (χ0n) is 7.89. The number of aromatic nitrogens is 2. The van der Waals surface area contributed by atoms with Crippen molar-refractivity contribution in [3.63, 3.8) is 0 Å². The first kappa shape index (κ1) is 7.65. The number of nitrogens with zero attached hydrogens (tertiary/aromatic N) is 2. The van der Waals surface area contributed by atoms with Gasteiger partial charge in [-0.25, -0.2) is 0 Å². The molecule has 0 aromatic carbocycles. The standard InChI is InChI=1S/C9H15N3/c1-6-4-5-10-9-8(6)7(2)11-12(9)3/h6,10H,4-5H2,1-3H3. The SMILES string of the molecule is Cc1nn(C)c2c1C(C)CCN2. The lowest BCUT2D eigenvalue weighted by molar-refractivity contribution is 0.670. The lowest BCUT2D eigenvalue weighted by Crippen LogP contribution is -2.16. The van der Waals surface area contributed by atoms with Crippen molar-refractivity contribution in [1.29, 1.82) is 0 Å². The molecule has 3 heteroatoms. The van der Waals surface area contributed by atoms with Gasteiger partial charge in [-0.3, -0.25) is 4.68 Å². The van der Waals surface area contributed by atoms with Gasteiger partial charge < -0.3 is 5.32 Å². The molecule has 12 heavy (non-hydrogen) atoms. The summed E-state index contributed by atoms with van der Waals surface area (Å²) in [5, 5.41) is 7.78. The summed E-state index contributed by atoms with van der Waals surface area (Å²) >= 11 is 0. The van der Waals surface area contributed by atoms with Gasteiger partial charge in [-0.15, -0.1) is 0 Å². The number of fused-ring (bicyclic) bond motifs is 1. The number of aryl methyl sites for hydroxylation is 2. The molecule has 66 valence electrons. The Bertz CT molecular complexity index is 301. The van der Waals surface area contributed by atoms with Gasteiger partial charge in [0.15, 0.2) is 0 Å². The Labute approximate surface area is 72.8 Å². The van der Waals surface area contributed by atoms with Crippen molar-refractivity contribution < 1.29 is 0 Å². The number of hydrogen-bond acceptors (Lipinski definition) is 2. The summed E-state index contributed by atoms with van der Waals surface area (Å²) in [5.74, 6) is 1.88. The molecular weight excluding hydrogens is 150 g/mol. The van der Waals surface area contributed by atoms with E-state index in [-0.39, 0.29) is 0 Å². The molecule has 0 saturated carbocycles. The van der Waals surface area contributed by atoms with Crippen LogP contribution in [0, 0.1) is 6.92 Å². The van der Waals surface area contributed by atoms with Gasteiger partial charge in [0, 0.05) is 19.2 Å². The van der Waals surface area contributed by atoms with E-state index >= 15 is 0 Å². The van der Waals surface area contributed by atoms with E-state index in [9.17, 15) is 0 Å². The lowest BCUT2D eigenvalue weighted by Gasteiger charge is -2.21. The molecule has 1 atom stereocenters. The van der Waals surface area contributed by atoms with Gasteiger partial charge in [-0.1, -0.05) is 6.92 Å². The molecule has 0 saturated heterocycles. The van der Waals surface area contributed by atoms with Gasteiger partial charge in [-0.2, -0.15) is 5.10 Å². The Hall–Kier alpha value is -0.990. The zero-order chi connectivity index (χ0) is 8.72. The van der Waals surface area contributed by atoms with Crippen LogP contribution in [0.3, 0.4) is 0 Å². The van der Waals surface area contributed by atoms with Crippen molar-refractivity contribution in [2.75, 3.05) is 11.9 Å². The van der Waals surface area contributed by atoms with Crippen LogP contribution in [0.15, 0.2) is 0 Å². The highest BCUT2D eigenvalue weighted by atomic mass is 15.3. The van der Waals surface area contributed by atoms with E-state index in [0.29, 0.717) is 5.92 Å². The molecule has 1 aromatic rings. The first-order valence-corrected chi connectivity index (χ1v) is 4.47. The van der Waals surface area contributed by atoms with E-state index in [1.165, 1.54) is 23.5 Å². The Morgan fingerprint density at radius 3 is 3.00 bits per heavy atom. The predicted molar refractivity (Wildman–Crippen MR) is 49.5 cm³/mol. The molecule has 0 radical (unpaired) electrons. The minimum Gasteiger partial charge on any atom is -0.370 e. The van der Waals surface area contributed by atoms with Gasteiger partial charge in [0.1, 0.15) is 5.82 Å². The largest absolute Gasteiger partial charge is 0.370 e. The molecule has 1 aliphatic heterocycles. The molecular formula is C9H15N3. The summed E-state index contributed by atoms with van der Waals surface area (Å²) in [7, 11) is 2.00. The summed E-state index contributed by atoms with van der Waals surface area (Å²) in [5.41, 5.74) is 2.58. The predicted octanol–water partition coefficient (Wildman–Crippen LogP) is 1.65. The fraction of sp³-hybridized carbons (Fsp3) is 0.667. The minimum absolute atomic E-state index is 0.662. The second kappa shape index (κ2) is 2.51. The molecule has 0 amide bonds. The van der Waals surface area contributed by atoms with Crippen molar-refractivity contribution in [3.8, 4) is 0 Å². The Morgan fingerprint density at radius 2 is 2.33 bits per heavy atom. The third-order valence-electron chi connectivity index (χ3n) is 2.63. The van der Waals surface area contributed by atoms with Gasteiger partial charge in [0.05, 0.1) is 5.69 Å². The van der Waals surface area contributed by atoms with Crippen LogP contribution in [-0.4, -0.2) is 16.3 Å². The molecule has 1 aromatic heterocycles. The summed E-state index contributed by atoms with van der Waals surface area (Å²) in [6.45, 7) is 5.43. The molecule has 2 heterocycles. The molecule has 0 aliphatic carbocycles. The molecule has 1 unspecified atom stereocenters. The van der Waals surface area contributed by atoms with Crippen LogP contribution in [0.5, 0.6) is 0 Å². The average Bonchev–Trinajstić information content (AvgIpc) is 2.29. The molecule has 0 bridgehead atoms. The van der Waals surface area contributed by atoms with Gasteiger partial charge in [0.25, 0.3) is 0 Å². The van der Waals surface area contributed by atoms with E-state index in [1.54, 1.807) is 0 Å². The molecule has 1 N–H and O–H groups in total. The van der Waals surface area contributed by atoms with Crippen LogP contribution in [0.4, 0.5) is 5.82 Å². The number of anilines is 1. The van der Waals surface area contributed by atoms with E-state index < -0.39 is 0 Å². The first-order chi connectivity index (χ1) is 5.70. The van der Waals surface area contributed by atoms with Crippen LogP contribution < -0.4 is 5.32 Å². The lowest BCUT2D eigenvalue weighted by atomic mass is 9.95. The normalized spacial score (nSPS) is 21.8. The average molecular weight is 165 g/mol. The highest BCUT2D eigenvalue weighted by Crippen LogP contribution is 2.32. The summed E-state index contributed by atoms with van der Waals surface area (Å²) in [4.78, 5) is 0. The number of nitrogens with one attached hydrogen (secondary N) is 1. The Balaban J connectivity index is 2.55. The smallest absolute Gasteiger partial charge is 0.127 e. The van der Waals surface area contributed by atoms with Gasteiger partial charge in [0.2, 0.25) is 0 Å². The van der Waals surface area contributed by atoms with Crippen molar-refractivity contribution >= 4 is 5.82 Å². The quantitative estimate of drug-likeness (QED) is 0.633. The monoisotopic (exact) mass is 165 g/mol. The van der Waals surface area contributed by atoms with E-state index in [4.69, 9.17) is 0 Å². The third kappa shape index (κ3) is 0.924. The Morgan fingerprint density at radius 1 is 1.58 bits per heavy atom. The van der Waals surface area contributed by atoms with Crippen molar-refractivity contribution in [2.45, 2.75) is 26.2 Å². The van der Waals surface area contributed by atoms with Crippen LogP contribution in [0.2, 0.25) is 0 Å². The summed E-state index contributed by atoms with van der Waals surface area (Å²) in [6.07, 6.45) is 1.22.